The molecule has 0 unspecified atom stereocenters. The second kappa shape index (κ2) is 7.66. The summed E-state index contributed by atoms with van der Waals surface area (Å²) in [7, 11) is 2.21. The highest BCUT2D eigenvalue weighted by molar-refractivity contribution is 5.23. The minimum absolute atomic E-state index is 0.202. The molecule has 2 heteroatoms. The fourth-order valence-corrected chi connectivity index (χ4v) is 2.40. The largest absolute Gasteiger partial charge is 0.315 e. The van der Waals surface area contributed by atoms with Crippen LogP contribution in [0.25, 0.3) is 0 Å². The molecule has 108 valence electrons. The standard InChI is InChI=1S/C17H30N2/c1-15(2)13-18-11-12-19(5)14-17(3,4)16-9-7-6-8-10-16/h6-10,15,18H,11-14H2,1-5H3. The van der Waals surface area contributed by atoms with Gasteiger partial charge in [-0.05, 0) is 25.1 Å². The van der Waals surface area contributed by atoms with Crippen LogP contribution in [0, 0.1) is 5.92 Å². The Labute approximate surface area is 119 Å². The lowest BCUT2D eigenvalue weighted by atomic mass is 9.84. The number of nitrogens with zero attached hydrogens (tertiary/aromatic N) is 1. The van der Waals surface area contributed by atoms with Gasteiger partial charge >= 0.3 is 0 Å². The predicted molar refractivity (Wildman–Crippen MR) is 84.7 cm³/mol. The van der Waals surface area contributed by atoms with E-state index in [1.54, 1.807) is 0 Å². The topological polar surface area (TPSA) is 15.3 Å². The van der Waals surface area contributed by atoms with Crippen molar-refractivity contribution in [3.63, 3.8) is 0 Å². The van der Waals surface area contributed by atoms with Gasteiger partial charge in [-0.1, -0.05) is 58.0 Å². The molecule has 0 aliphatic carbocycles. The number of hydrogen-bond donors (Lipinski definition) is 1. The first-order valence-corrected chi connectivity index (χ1v) is 7.36. The summed E-state index contributed by atoms with van der Waals surface area (Å²) in [6.07, 6.45) is 0. The summed E-state index contributed by atoms with van der Waals surface area (Å²) in [4.78, 5) is 2.42. The maximum Gasteiger partial charge on any atom is 0.0104 e. The molecule has 19 heavy (non-hydrogen) atoms. The summed E-state index contributed by atoms with van der Waals surface area (Å²) in [6.45, 7) is 13.5. The molecule has 1 aromatic rings. The SMILES string of the molecule is CC(C)CNCCN(C)CC(C)(C)c1ccccc1. The molecule has 0 aliphatic heterocycles. The summed E-state index contributed by atoms with van der Waals surface area (Å²) in [5.74, 6) is 0.728. The summed E-state index contributed by atoms with van der Waals surface area (Å²) in [5, 5.41) is 3.50. The molecule has 0 atom stereocenters. The normalized spacial score (nSPS) is 12.4. The summed E-state index contributed by atoms with van der Waals surface area (Å²) >= 11 is 0. The van der Waals surface area contributed by atoms with Gasteiger partial charge in [-0.25, -0.2) is 0 Å². The van der Waals surface area contributed by atoms with E-state index in [4.69, 9.17) is 0 Å². The van der Waals surface area contributed by atoms with Crippen molar-refractivity contribution >= 4 is 0 Å². The van der Waals surface area contributed by atoms with Gasteiger partial charge in [0.2, 0.25) is 0 Å². The van der Waals surface area contributed by atoms with E-state index in [1.807, 2.05) is 0 Å². The van der Waals surface area contributed by atoms with Crippen molar-refractivity contribution in [2.24, 2.45) is 5.92 Å². The maximum atomic E-state index is 3.50. The Balaban J connectivity index is 2.37. The van der Waals surface area contributed by atoms with E-state index >= 15 is 0 Å². The predicted octanol–water partition coefficient (Wildman–Crippen LogP) is 3.14. The molecular formula is C17H30N2. The van der Waals surface area contributed by atoms with Crippen molar-refractivity contribution < 1.29 is 0 Å². The molecule has 0 heterocycles. The minimum Gasteiger partial charge on any atom is -0.315 e. The van der Waals surface area contributed by atoms with Crippen molar-refractivity contribution in [3.8, 4) is 0 Å². The average molecular weight is 262 g/mol. The highest BCUT2D eigenvalue weighted by Crippen LogP contribution is 2.23. The maximum absolute atomic E-state index is 3.50. The van der Waals surface area contributed by atoms with Crippen molar-refractivity contribution in [1.82, 2.24) is 10.2 Å². The summed E-state index contributed by atoms with van der Waals surface area (Å²) in [5.41, 5.74) is 1.62. The van der Waals surface area contributed by atoms with Gasteiger partial charge in [0, 0.05) is 25.0 Å². The molecule has 0 spiro atoms. The third-order valence-electron chi connectivity index (χ3n) is 3.44. The molecule has 0 bridgehead atoms. The third kappa shape index (κ3) is 6.22. The van der Waals surface area contributed by atoms with Crippen molar-refractivity contribution in [1.29, 1.82) is 0 Å². The van der Waals surface area contributed by atoms with Gasteiger partial charge in [0.15, 0.2) is 0 Å². The van der Waals surface area contributed by atoms with Crippen molar-refractivity contribution in [3.05, 3.63) is 35.9 Å². The fourth-order valence-electron chi connectivity index (χ4n) is 2.40. The molecule has 1 rings (SSSR count). The van der Waals surface area contributed by atoms with Crippen LogP contribution in [-0.2, 0) is 5.41 Å². The molecule has 0 fully saturated rings. The molecule has 1 aromatic carbocycles. The molecule has 0 saturated heterocycles. The Morgan fingerprint density at radius 3 is 2.37 bits per heavy atom. The molecule has 0 aliphatic rings. The quantitative estimate of drug-likeness (QED) is 0.724. The zero-order chi connectivity index (χ0) is 14.3. The smallest absolute Gasteiger partial charge is 0.0104 e. The van der Waals surface area contributed by atoms with Gasteiger partial charge in [0.1, 0.15) is 0 Å². The van der Waals surface area contributed by atoms with Crippen molar-refractivity contribution in [2.45, 2.75) is 33.1 Å². The van der Waals surface area contributed by atoms with Crippen LogP contribution in [0.5, 0.6) is 0 Å². The van der Waals surface area contributed by atoms with Crippen LogP contribution in [0.2, 0.25) is 0 Å². The zero-order valence-electron chi connectivity index (χ0n) is 13.2. The van der Waals surface area contributed by atoms with Crippen LogP contribution in [0.1, 0.15) is 33.3 Å². The lowest BCUT2D eigenvalue weighted by Crippen LogP contribution is -2.38. The van der Waals surface area contributed by atoms with Gasteiger partial charge in [0.05, 0.1) is 0 Å². The first kappa shape index (κ1) is 16.2. The minimum atomic E-state index is 0.202. The molecule has 2 nitrogen and oxygen atoms in total. The fraction of sp³-hybridized carbons (Fsp3) is 0.647. The molecule has 0 radical (unpaired) electrons. The Hall–Kier alpha value is -0.860. The van der Waals surface area contributed by atoms with E-state index in [2.05, 4.69) is 75.3 Å². The van der Waals surface area contributed by atoms with Crippen LogP contribution in [0.15, 0.2) is 30.3 Å². The van der Waals surface area contributed by atoms with Gasteiger partial charge < -0.3 is 10.2 Å². The second-order valence-corrected chi connectivity index (χ2v) is 6.59. The van der Waals surface area contributed by atoms with Crippen molar-refractivity contribution in [2.75, 3.05) is 33.2 Å². The Morgan fingerprint density at radius 1 is 1.16 bits per heavy atom. The molecule has 0 amide bonds. The Morgan fingerprint density at radius 2 is 1.79 bits per heavy atom. The van der Waals surface area contributed by atoms with Crippen LogP contribution < -0.4 is 5.32 Å². The van der Waals surface area contributed by atoms with Gasteiger partial charge in [0.25, 0.3) is 0 Å². The molecule has 1 N–H and O–H groups in total. The van der Waals surface area contributed by atoms with Gasteiger partial charge in [-0.2, -0.15) is 0 Å². The molecule has 0 saturated carbocycles. The number of likely N-dealkylation sites (N-methyl/N-ethyl adjacent to an activating group) is 1. The number of hydrogen-bond acceptors (Lipinski definition) is 2. The Kier molecular flexibility index (Phi) is 6.53. The number of rotatable bonds is 8. The first-order chi connectivity index (χ1) is 8.92. The highest BCUT2D eigenvalue weighted by Gasteiger charge is 2.21. The van der Waals surface area contributed by atoms with Crippen LogP contribution in [-0.4, -0.2) is 38.1 Å². The van der Waals surface area contributed by atoms with E-state index in [-0.39, 0.29) is 5.41 Å². The Bertz CT molecular complexity index is 344. The van der Waals surface area contributed by atoms with E-state index in [1.165, 1.54) is 5.56 Å². The zero-order valence-corrected chi connectivity index (χ0v) is 13.2. The van der Waals surface area contributed by atoms with E-state index in [0.717, 1.165) is 32.1 Å². The summed E-state index contributed by atoms with van der Waals surface area (Å²) in [6, 6.07) is 10.8. The van der Waals surface area contributed by atoms with Crippen LogP contribution >= 0.6 is 0 Å². The highest BCUT2D eigenvalue weighted by atomic mass is 15.1. The van der Waals surface area contributed by atoms with E-state index in [0.29, 0.717) is 0 Å². The van der Waals surface area contributed by atoms with E-state index < -0.39 is 0 Å². The summed E-state index contributed by atoms with van der Waals surface area (Å²) < 4.78 is 0. The van der Waals surface area contributed by atoms with Gasteiger partial charge in [-0.3, -0.25) is 0 Å². The average Bonchev–Trinajstić information content (AvgIpc) is 2.35. The van der Waals surface area contributed by atoms with Crippen LogP contribution in [0.4, 0.5) is 0 Å². The second-order valence-electron chi connectivity index (χ2n) is 6.59. The first-order valence-electron chi connectivity index (χ1n) is 7.36. The number of nitrogens with one attached hydrogen (secondary N) is 1. The van der Waals surface area contributed by atoms with E-state index in [9.17, 15) is 0 Å². The molecular weight excluding hydrogens is 232 g/mol. The van der Waals surface area contributed by atoms with Crippen LogP contribution in [0.3, 0.4) is 0 Å². The lowest BCUT2D eigenvalue weighted by Gasteiger charge is -2.31. The lowest BCUT2D eigenvalue weighted by molar-refractivity contribution is 0.266. The molecule has 0 aromatic heterocycles. The number of benzene rings is 1. The monoisotopic (exact) mass is 262 g/mol. The van der Waals surface area contributed by atoms with Gasteiger partial charge in [-0.15, -0.1) is 0 Å². The third-order valence-corrected chi connectivity index (χ3v) is 3.44.